The van der Waals surface area contributed by atoms with Crippen LogP contribution in [0.3, 0.4) is 0 Å². The normalized spacial score (nSPS) is 14.1. The maximum atomic E-state index is 11.9. The second-order valence-electron chi connectivity index (χ2n) is 5.61. The molecule has 7 heteroatoms. The van der Waals surface area contributed by atoms with Crippen LogP contribution in [-0.2, 0) is 14.3 Å². The third-order valence-electron chi connectivity index (χ3n) is 3.79. The van der Waals surface area contributed by atoms with Crippen LogP contribution >= 0.6 is 15.9 Å². The van der Waals surface area contributed by atoms with Crippen molar-refractivity contribution in [1.82, 2.24) is 10.2 Å². The average Bonchev–Trinajstić information content (AvgIpc) is 2.61. The summed E-state index contributed by atoms with van der Waals surface area (Å²) in [4.78, 5) is 37.1. The van der Waals surface area contributed by atoms with Gasteiger partial charge < -0.3 is 15.0 Å². The van der Waals surface area contributed by atoms with Crippen molar-refractivity contribution in [3.8, 4) is 0 Å². The fraction of sp³-hybridized carbons (Fsp3) is 0.471. The monoisotopic (exact) mass is 396 g/mol. The molecule has 0 aliphatic carbocycles. The van der Waals surface area contributed by atoms with Crippen molar-refractivity contribution >= 4 is 33.7 Å². The second-order valence-corrected chi connectivity index (χ2v) is 6.53. The maximum Gasteiger partial charge on any atom is 0.308 e. The van der Waals surface area contributed by atoms with Gasteiger partial charge in [0, 0.05) is 29.7 Å². The van der Waals surface area contributed by atoms with Crippen LogP contribution in [0, 0.1) is 0 Å². The molecule has 0 atom stereocenters. The van der Waals surface area contributed by atoms with Crippen molar-refractivity contribution in [3.63, 3.8) is 0 Å². The number of amides is 2. The van der Waals surface area contributed by atoms with E-state index in [1.807, 2.05) is 0 Å². The highest BCUT2D eigenvalue weighted by Crippen LogP contribution is 2.10. The Labute approximate surface area is 149 Å². The maximum absolute atomic E-state index is 11.9. The van der Waals surface area contributed by atoms with Gasteiger partial charge in [-0.1, -0.05) is 15.9 Å². The largest absolute Gasteiger partial charge is 0.456 e. The zero-order valence-electron chi connectivity index (χ0n) is 13.4. The third kappa shape index (κ3) is 5.96. The minimum absolute atomic E-state index is 0.0373. The molecule has 0 bridgehead atoms. The number of carbonyl (C=O) groups excluding carboxylic acids is 3. The van der Waals surface area contributed by atoms with E-state index in [4.69, 9.17) is 4.74 Å². The van der Waals surface area contributed by atoms with E-state index in [-0.39, 0.29) is 31.4 Å². The Morgan fingerprint density at radius 2 is 1.75 bits per heavy atom. The molecule has 2 rings (SSSR count). The van der Waals surface area contributed by atoms with Gasteiger partial charge in [-0.15, -0.1) is 0 Å². The van der Waals surface area contributed by atoms with Crippen LogP contribution < -0.4 is 5.32 Å². The Bertz CT molecular complexity index is 583. The smallest absolute Gasteiger partial charge is 0.308 e. The van der Waals surface area contributed by atoms with Crippen LogP contribution in [0.15, 0.2) is 28.7 Å². The van der Waals surface area contributed by atoms with Gasteiger partial charge in [-0.3, -0.25) is 14.4 Å². The summed E-state index contributed by atoms with van der Waals surface area (Å²) in [6.07, 6.45) is 3.18. The molecule has 0 saturated carbocycles. The average molecular weight is 397 g/mol. The first kappa shape index (κ1) is 18.4. The number of halogens is 1. The summed E-state index contributed by atoms with van der Waals surface area (Å²) in [7, 11) is 0. The van der Waals surface area contributed by atoms with E-state index in [9.17, 15) is 14.4 Å². The Kier molecular flexibility index (Phi) is 7.24. The lowest BCUT2D eigenvalue weighted by atomic mass is 10.1. The molecular weight excluding hydrogens is 376 g/mol. The Hall–Kier alpha value is -1.89. The van der Waals surface area contributed by atoms with E-state index < -0.39 is 5.97 Å². The number of piperidine rings is 1. The molecule has 0 aromatic heterocycles. The van der Waals surface area contributed by atoms with Crippen molar-refractivity contribution in [2.45, 2.75) is 25.7 Å². The molecule has 1 saturated heterocycles. The van der Waals surface area contributed by atoms with Crippen LogP contribution in [0.5, 0.6) is 0 Å². The molecule has 1 N–H and O–H groups in total. The molecule has 6 nitrogen and oxygen atoms in total. The predicted octanol–water partition coefficient (Wildman–Crippen LogP) is 2.12. The number of nitrogens with zero attached hydrogens (tertiary/aromatic N) is 1. The Morgan fingerprint density at radius 1 is 1.08 bits per heavy atom. The molecule has 2 amide bonds. The molecule has 1 aromatic rings. The van der Waals surface area contributed by atoms with E-state index >= 15 is 0 Å². The van der Waals surface area contributed by atoms with E-state index in [2.05, 4.69) is 21.2 Å². The van der Waals surface area contributed by atoms with Crippen molar-refractivity contribution in [2.24, 2.45) is 0 Å². The number of hydrogen-bond donors (Lipinski definition) is 1. The molecule has 130 valence electrons. The van der Waals surface area contributed by atoms with Crippen molar-refractivity contribution < 1.29 is 19.1 Å². The summed E-state index contributed by atoms with van der Waals surface area (Å²) < 4.78 is 5.86. The zero-order chi connectivity index (χ0) is 17.4. The van der Waals surface area contributed by atoms with Gasteiger partial charge in [0.25, 0.3) is 11.8 Å². The first-order valence-electron chi connectivity index (χ1n) is 8.03. The van der Waals surface area contributed by atoms with E-state index in [1.165, 1.54) is 0 Å². The van der Waals surface area contributed by atoms with Crippen molar-refractivity contribution in [2.75, 3.05) is 26.2 Å². The van der Waals surface area contributed by atoms with Gasteiger partial charge in [0.1, 0.15) is 0 Å². The standard InChI is InChI=1S/C17H21BrN2O4/c18-14-6-4-13(5-7-14)17(23)19-9-8-16(22)24-12-15(21)20-10-2-1-3-11-20/h4-7H,1-3,8-12H2,(H,19,23). The third-order valence-corrected chi connectivity index (χ3v) is 4.32. The number of hydrogen-bond acceptors (Lipinski definition) is 4. The highest BCUT2D eigenvalue weighted by atomic mass is 79.9. The van der Waals surface area contributed by atoms with E-state index in [0.29, 0.717) is 5.56 Å². The summed E-state index contributed by atoms with van der Waals surface area (Å²) in [5, 5.41) is 2.65. The molecule has 1 aromatic carbocycles. The minimum Gasteiger partial charge on any atom is -0.456 e. The lowest BCUT2D eigenvalue weighted by Gasteiger charge is -2.26. The molecule has 1 aliphatic rings. The van der Waals surface area contributed by atoms with Gasteiger partial charge in [0.05, 0.1) is 6.42 Å². The number of rotatable bonds is 6. The zero-order valence-corrected chi connectivity index (χ0v) is 15.0. The molecule has 24 heavy (non-hydrogen) atoms. The highest BCUT2D eigenvalue weighted by Gasteiger charge is 2.17. The van der Waals surface area contributed by atoms with Crippen LogP contribution in [0.1, 0.15) is 36.0 Å². The van der Waals surface area contributed by atoms with Gasteiger partial charge >= 0.3 is 5.97 Å². The number of benzene rings is 1. The van der Waals surface area contributed by atoms with Crippen LogP contribution in [0.4, 0.5) is 0 Å². The van der Waals surface area contributed by atoms with Crippen LogP contribution in [0.2, 0.25) is 0 Å². The molecule has 1 heterocycles. The minimum atomic E-state index is -0.489. The number of likely N-dealkylation sites (tertiary alicyclic amines) is 1. The number of nitrogens with one attached hydrogen (secondary N) is 1. The first-order valence-corrected chi connectivity index (χ1v) is 8.83. The SMILES string of the molecule is O=C(CCNC(=O)c1ccc(Br)cc1)OCC(=O)N1CCCCC1. The molecule has 1 aliphatic heterocycles. The van der Waals surface area contributed by atoms with Gasteiger partial charge in [0.15, 0.2) is 6.61 Å². The lowest BCUT2D eigenvalue weighted by Crippen LogP contribution is -2.38. The second kappa shape index (κ2) is 9.42. The quantitative estimate of drug-likeness (QED) is 0.747. The summed E-state index contributed by atoms with van der Waals surface area (Å²) in [6, 6.07) is 6.93. The summed E-state index contributed by atoms with van der Waals surface area (Å²) in [6.45, 7) is 1.42. The van der Waals surface area contributed by atoms with Crippen molar-refractivity contribution in [1.29, 1.82) is 0 Å². The fourth-order valence-electron chi connectivity index (χ4n) is 2.43. The highest BCUT2D eigenvalue weighted by molar-refractivity contribution is 9.10. The number of carbonyl (C=O) groups is 3. The number of esters is 1. The predicted molar refractivity (Wildman–Crippen MR) is 92.5 cm³/mol. The van der Waals surface area contributed by atoms with Crippen LogP contribution in [0.25, 0.3) is 0 Å². The molecule has 0 radical (unpaired) electrons. The molecular formula is C17H21BrN2O4. The first-order chi connectivity index (χ1) is 11.6. The van der Waals surface area contributed by atoms with Crippen molar-refractivity contribution in [3.05, 3.63) is 34.3 Å². The Morgan fingerprint density at radius 3 is 2.42 bits per heavy atom. The van der Waals surface area contributed by atoms with Gasteiger partial charge in [-0.2, -0.15) is 0 Å². The molecule has 0 unspecified atom stereocenters. The summed E-state index contributed by atoms with van der Waals surface area (Å²) in [5.74, 6) is -0.891. The van der Waals surface area contributed by atoms with Crippen LogP contribution in [-0.4, -0.2) is 48.9 Å². The van der Waals surface area contributed by atoms with Gasteiger partial charge in [-0.05, 0) is 43.5 Å². The van der Waals surface area contributed by atoms with Gasteiger partial charge in [-0.25, -0.2) is 0 Å². The fourth-order valence-corrected chi connectivity index (χ4v) is 2.69. The number of ether oxygens (including phenoxy) is 1. The Balaban J connectivity index is 1.63. The van der Waals surface area contributed by atoms with E-state index in [0.717, 1.165) is 36.8 Å². The summed E-state index contributed by atoms with van der Waals surface area (Å²) in [5.41, 5.74) is 0.520. The van der Waals surface area contributed by atoms with E-state index in [1.54, 1.807) is 29.2 Å². The lowest BCUT2D eigenvalue weighted by molar-refractivity contribution is -0.152. The topological polar surface area (TPSA) is 75.7 Å². The summed E-state index contributed by atoms with van der Waals surface area (Å²) >= 11 is 3.30. The van der Waals surface area contributed by atoms with Gasteiger partial charge in [0.2, 0.25) is 0 Å². The molecule has 1 fully saturated rings. The molecule has 0 spiro atoms.